The Hall–Kier alpha value is -1.66. The number of carboxylic acid groups (broad SMARTS) is 1. The van der Waals surface area contributed by atoms with Crippen molar-refractivity contribution in [1.82, 2.24) is 0 Å². The van der Waals surface area contributed by atoms with E-state index in [9.17, 15) is 14.7 Å². The van der Waals surface area contributed by atoms with Crippen molar-refractivity contribution >= 4 is 11.9 Å². The highest BCUT2D eigenvalue weighted by atomic mass is 16.6. The van der Waals surface area contributed by atoms with E-state index in [1.165, 1.54) is 25.7 Å². The van der Waals surface area contributed by atoms with Gasteiger partial charge >= 0.3 is 11.9 Å². The van der Waals surface area contributed by atoms with Crippen molar-refractivity contribution in [3.8, 4) is 0 Å². The highest BCUT2D eigenvalue weighted by Gasteiger charge is 2.19. The Morgan fingerprint density at radius 3 is 2.37 bits per heavy atom. The zero-order valence-corrected chi connectivity index (χ0v) is 16.7. The first-order chi connectivity index (χ1) is 13.1. The summed E-state index contributed by atoms with van der Waals surface area (Å²) in [5, 5.41) is 9.23. The van der Waals surface area contributed by atoms with Gasteiger partial charge in [0.15, 0.2) is 0 Å². The molecule has 6 nitrogen and oxygen atoms in total. The third kappa shape index (κ3) is 17.5. The normalized spacial score (nSPS) is 12.2. The van der Waals surface area contributed by atoms with E-state index in [1.807, 2.05) is 6.08 Å². The first-order valence-electron chi connectivity index (χ1n) is 9.93. The predicted molar refractivity (Wildman–Crippen MR) is 106 cm³/mol. The van der Waals surface area contributed by atoms with Crippen LogP contribution < -0.4 is 0 Å². The van der Waals surface area contributed by atoms with E-state index in [1.54, 1.807) is 12.2 Å². The number of esters is 1. The highest BCUT2D eigenvalue weighted by molar-refractivity contribution is 5.80. The molecule has 0 rings (SSSR count). The third-order valence-electron chi connectivity index (χ3n) is 3.89. The number of rotatable bonds is 19. The lowest BCUT2D eigenvalue weighted by Crippen LogP contribution is -2.19. The fraction of sp³-hybridized carbons (Fsp3) is 0.714. The number of aliphatic carboxylic acids is 1. The monoisotopic (exact) mass is 384 g/mol. The minimum absolute atomic E-state index is 0.105. The summed E-state index contributed by atoms with van der Waals surface area (Å²) < 4.78 is 15.4. The average molecular weight is 385 g/mol. The SMILES string of the molecule is C=CCOCCOCCOC(=O)CC(/C=C\CCCCCCCC)C(=O)O. The van der Waals surface area contributed by atoms with Crippen LogP contribution in [0.15, 0.2) is 24.8 Å². The molecule has 1 unspecified atom stereocenters. The largest absolute Gasteiger partial charge is 0.481 e. The van der Waals surface area contributed by atoms with Gasteiger partial charge in [0, 0.05) is 0 Å². The molecule has 0 aromatic heterocycles. The lowest BCUT2D eigenvalue weighted by atomic mass is 10.0. The molecule has 1 N–H and O–H groups in total. The summed E-state index contributed by atoms with van der Waals surface area (Å²) in [5.41, 5.74) is 0. The summed E-state index contributed by atoms with van der Waals surface area (Å²) in [4.78, 5) is 23.0. The number of allylic oxidation sites excluding steroid dienone is 1. The lowest BCUT2D eigenvalue weighted by molar-refractivity contribution is -0.151. The Bertz CT molecular complexity index is 419. The summed E-state index contributed by atoms with van der Waals surface area (Å²) in [5.74, 6) is -2.38. The van der Waals surface area contributed by atoms with Gasteiger partial charge in [-0.1, -0.05) is 57.3 Å². The Balaban J connectivity index is 3.82. The minimum atomic E-state index is -1.01. The molecule has 0 bridgehead atoms. The van der Waals surface area contributed by atoms with Gasteiger partial charge in [0.05, 0.1) is 38.8 Å². The van der Waals surface area contributed by atoms with Crippen molar-refractivity contribution in [2.45, 2.75) is 58.3 Å². The van der Waals surface area contributed by atoms with Crippen molar-refractivity contribution in [2.24, 2.45) is 5.92 Å². The fourth-order valence-electron chi connectivity index (χ4n) is 2.38. The molecule has 0 amide bonds. The minimum Gasteiger partial charge on any atom is -0.481 e. The quantitative estimate of drug-likeness (QED) is 0.205. The number of unbranched alkanes of at least 4 members (excludes halogenated alkanes) is 6. The van der Waals surface area contributed by atoms with Crippen molar-refractivity contribution in [3.63, 3.8) is 0 Å². The van der Waals surface area contributed by atoms with E-state index in [2.05, 4.69) is 13.5 Å². The standard InChI is InChI=1S/C21H36O6/c1-3-5-6-7-8-9-10-11-12-19(21(23)24)18-20(22)27-17-16-26-15-14-25-13-4-2/h4,11-12,19H,2-3,5-10,13-18H2,1H3,(H,23,24)/b12-11-. The molecule has 0 radical (unpaired) electrons. The maximum atomic E-state index is 11.8. The van der Waals surface area contributed by atoms with Crippen molar-refractivity contribution in [1.29, 1.82) is 0 Å². The molecule has 27 heavy (non-hydrogen) atoms. The van der Waals surface area contributed by atoms with Crippen LogP contribution in [0.1, 0.15) is 58.3 Å². The molecule has 0 aliphatic rings. The zero-order valence-electron chi connectivity index (χ0n) is 16.7. The van der Waals surface area contributed by atoms with E-state index in [-0.39, 0.29) is 19.6 Å². The zero-order chi connectivity index (χ0) is 20.2. The van der Waals surface area contributed by atoms with Gasteiger partial charge in [-0.25, -0.2) is 0 Å². The number of carbonyl (C=O) groups is 2. The van der Waals surface area contributed by atoms with Gasteiger partial charge in [-0.15, -0.1) is 6.58 Å². The molecule has 0 fully saturated rings. The topological polar surface area (TPSA) is 82.1 Å². The molecule has 0 saturated heterocycles. The maximum absolute atomic E-state index is 11.8. The second kappa shape index (κ2) is 19.1. The first-order valence-corrected chi connectivity index (χ1v) is 9.93. The third-order valence-corrected chi connectivity index (χ3v) is 3.89. The van der Waals surface area contributed by atoms with Crippen molar-refractivity contribution in [3.05, 3.63) is 24.8 Å². The predicted octanol–water partition coefficient (Wildman–Crippen LogP) is 4.15. The summed E-state index contributed by atoms with van der Waals surface area (Å²) in [6.07, 6.45) is 13.0. The molecular weight excluding hydrogens is 348 g/mol. The molecule has 0 aromatic rings. The van der Waals surface area contributed by atoms with Gasteiger partial charge < -0.3 is 19.3 Å². The molecule has 156 valence electrons. The summed E-state index contributed by atoms with van der Waals surface area (Å²) >= 11 is 0. The Labute approximate surface area is 163 Å². The van der Waals surface area contributed by atoms with Crippen LogP contribution in [0.2, 0.25) is 0 Å². The fourth-order valence-corrected chi connectivity index (χ4v) is 2.38. The van der Waals surface area contributed by atoms with E-state index in [0.29, 0.717) is 19.8 Å². The molecule has 0 saturated carbocycles. The van der Waals surface area contributed by atoms with E-state index >= 15 is 0 Å². The number of ether oxygens (including phenoxy) is 3. The summed E-state index contributed by atoms with van der Waals surface area (Å²) in [6, 6.07) is 0. The second-order valence-electron chi connectivity index (χ2n) is 6.33. The average Bonchev–Trinajstić information content (AvgIpc) is 2.64. The van der Waals surface area contributed by atoms with Crippen LogP contribution in [0.3, 0.4) is 0 Å². The molecule has 0 aromatic carbocycles. The Kier molecular flexibility index (Phi) is 17.9. The van der Waals surface area contributed by atoms with Crippen LogP contribution in [0.25, 0.3) is 0 Å². The van der Waals surface area contributed by atoms with Crippen LogP contribution in [0, 0.1) is 5.92 Å². The Morgan fingerprint density at radius 2 is 1.67 bits per heavy atom. The first kappa shape index (κ1) is 25.3. The Morgan fingerprint density at radius 1 is 1.00 bits per heavy atom. The van der Waals surface area contributed by atoms with Crippen molar-refractivity contribution < 1.29 is 28.9 Å². The van der Waals surface area contributed by atoms with Crippen LogP contribution in [-0.4, -0.2) is 50.1 Å². The van der Waals surface area contributed by atoms with Crippen LogP contribution in [-0.2, 0) is 23.8 Å². The molecular formula is C21H36O6. The van der Waals surface area contributed by atoms with Gasteiger partial charge in [0.2, 0.25) is 0 Å². The van der Waals surface area contributed by atoms with Crippen LogP contribution >= 0.6 is 0 Å². The van der Waals surface area contributed by atoms with E-state index in [4.69, 9.17) is 14.2 Å². The molecule has 0 heterocycles. The number of hydrogen-bond donors (Lipinski definition) is 1. The highest BCUT2D eigenvalue weighted by Crippen LogP contribution is 2.11. The number of carbonyl (C=O) groups excluding carboxylic acids is 1. The van der Waals surface area contributed by atoms with E-state index < -0.39 is 17.9 Å². The van der Waals surface area contributed by atoms with Crippen LogP contribution in [0.5, 0.6) is 0 Å². The lowest BCUT2D eigenvalue weighted by Gasteiger charge is -2.09. The number of hydrogen-bond acceptors (Lipinski definition) is 5. The van der Waals surface area contributed by atoms with Crippen LogP contribution in [0.4, 0.5) is 0 Å². The van der Waals surface area contributed by atoms with Gasteiger partial charge in [0.25, 0.3) is 0 Å². The van der Waals surface area contributed by atoms with Crippen molar-refractivity contribution in [2.75, 3.05) is 33.0 Å². The van der Waals surface area contributed by atoms with E-state index in [0.717, 1.165) is 19.3 Å². The van der Waals surface area contributed by atoms with Gasteiger partial charge in [-0.05, 0) is 12.8 Å². The van der Waals surface area contributed by atoms with Gasteiger partial charge in [-0.2, -0.15) is 0 Å². The smallest absolute Gasteiger partial charge is 0.310 e. The molecule has 1 atom stereocenters. The molecule has 0 spiro atoms. The second-order valence-corrected chi connectivity index (χ2v) is 6.33. The van der Waals surface area contributed by atoms with Gasteiger partial charge in [0.1, 0.15) is 6.61 Å². The molecule has 0 aliphatic carbocycles. The summed E-state index contributed by atoms with van der Waals surface area (Å²) in [7, 11) is 0. The van der Waals surface area contributed by atoms with Gasteiger partial charge in [-0.3, -0.25) is 9.59 Å². The summed E-state index contributed by atoms with van der Waals surface area (Å²) in [6.45, 7) is 7.42. The number of carboxylic acids is 1. The molecule has 0 aliphatic heterocycles. The molecule has 6 heteroatoms. The maximum Gasteiger partial charge on any atom is 0.310 e.